The molecule has 3 rings (SSSR count). The fourth-order valence-electron chi connectivity index (χ4n) is 2.47. The Balaban J connectivity index is 1.74. The molecule has 1 N–H and O–H groups in total. The number of fused-ring (bicyclic) bond motifs is 1. The van der Waals surface area contributed by atoms with Crippen molar-refractivity contribution in [2.45, 2.75) is 11.4 Å². The van der Waals surface area contributed by atoms with Gasteiger partial charge >= 0.3 is 0 Å². The lowest BCUT2D eigenvalue weighted by Crippen LogP contribution is -2.26. The van der Waals surface area contributed by atoms with Crippen LogP contribution in [0.1, 0.15) is 21.5 Å². The minimum absolute atomic E-state index is 0.0527. The molecule has 0 spiro atoms. The fourth-order valence-corrected chi connectivity index (χ4v) is 3.26. The number of carbonyl (C=O) groups is 2. The predicted octanol–water partition coefficient (Wildman–Crippen LogP) is 2.87. The average Bonchev–Trinajstić information content (AvgIpc) is 2.61. The molecule has 0 saturated carbocycles. The van der Waals surface area contributed by atoms with Crippen LogP contribution in [0.4, 0.5) is 5.69 Å². The highest BCUT2D eigenvalue weighted by molar-refractivity contribution is 8.00. The van der Waals surface area contributed by atoms with Gasteiger partial charge in [0, 0.05) is 24.1 Å². The van der Waals surface area contributed by atoms with Crippen LogP contribution in [0.15, 0.2) is 47.4 Å². The van der Waals surface area contributed by atoms with E-state index in [1.807, 2.05) is 18.2 Å². The molecule has 0 aliphatic carbocycles. The van der Waals surface area contributed by atoms with Crippen molar-refractivity contribution in [1.29, 1.82) is 5.26 Å². The standard InChI is InChI=1S/C18H15N3O2S/c1-21(10-13-4-2-12(9-19)3-5-13)18(23)14-6-7-16-15(8-14)20-17(22)11-24-16/h2-8H,10-11H2,1H3,(H,20,22). The van der Waals surface area contributed by atoms with Gasteiger partial charge in [-0.2, -0.15) is 5.26 Å². The number of hydrogen-bond acceptors (Lipinski definition) is 4. The van der Waals surface area contributed by atoms with Gasteiger partial charge in [0.15, 0.2) is 0 Å². The molecule has 0 atom stereocenters. The van der Waals surface area contributed by atoms with E-state index in [0.717, 1.165) is 10.5 Å². The van der Waals surface area contributed by atoms with Gasteiger partial charge < -0.3 is 10.2 Å². The number of thioether (sulfide) groups is 1. The van der Waals surface area contributed by atoms with Crippen molar-refractivity contribution in [3.63, 3.8) is 0 Å². The van der Waals surface area contributed by atoms with E-state index in [-0.39, 0.29) is 11.8 Å². The summed E-state index contributed by atoms with van der Waals surface area (Å²) in [6, 6.07) is 14.6. The van der Waals surface area contributed by atoms with Crippen molar-refractivity contribution >= 4 is 29.3 Å². The van der Waals surface area contributed by atoms with Gasteiger partial charge in [0.2, 0.25) is 5.91 Å². The van der Waals surface area contributed by atoms with E-state index in [4.69, 9.17) is 5.26 Å². The Morgan fingerprint density at radius 3 is 2.75 bits per heavy atom. The van der Waals surface area contributed by atoms with E-state index in [1.165, 1.54) is 11.8 Å². The second-order valence-electron chi connectivity index (χ2n) is 5.52. The molecule has 0 unspecified atom stereocenters. The Bertz CT molecular complexity index is 840. The SMILES string of the molecule is CN(Cc1ccc(C#N)cc1)C(=O)c1ccc2c(c1)NC(=O)CS2. The van der Waals surface area contributed by atoms with Gasteiger partial charge in [-0.25, -0.2) is 0 Å². The molecule has 1 heterocycles. The Morgan fingerprint density at radius 2 is 2.04 bits per heavy atom. The van der Waals surface area contributed by atoms with Crippen LogP contribution in [-0.2, 0) is 11.3 Å². The maximum Gasteiger partial charge on any atom is 0.253 e. The average molecular weight is 337 g/mol. The number of nitriles is 1. The lowest BCUT2D eigenvalue weighted by molar-refractivity contribution is -0.113. The zero-order valence-electron chi connectivity index (χ0n) is 13.1. The quantitative estimate of drug-likeness (QED) is 0.935. The normalized spacial score (nSPS) is 12.8. The third-order valence-electron chi connectivity index (χ3n) is 3.71. The first-order valence-electron chi connectivity index (χ1n) is 7.38. The molecule has 0 aromatic heterocycles. The number of nitrogens with zero attached hydrogens (tertiary/aromatic N) is 2. The molecule has 6 heteroatoms. The lowest BCUT2D eigenvalue weighted by Gasteiger charge is -2.20. The van der Waals surface area contributed by atoms with Crippen LogP contribution in [0.2, 0.25) is 0 Å². The second kappa shape index (κ2) is 6.77. The van der Waals surface area contributed by atoms with Crippen molar-refractivity contribution in [3.8, 4) is 6.07 Å². The number of carbonyl (C=O) groups excluding carboxylic acids is 2. The molecule has 24 heavy (non-hydrogen) atoms. The van der Waals surface area contributed by atoms with Gasteiger partial charge in [0.25, 0.3) is 5.91 Å². The van der Waals surface area contributed by atoms with Crippen molar-refractivity contribution in [3.05, 3.63) is 59.2 Å². The second-order valence-corrected chi connectivity index (χ2v) is 6.53. The van der Waals surface area contributed by atoms with E-state index in [0.29, 0.717) is 29.1 Å². The van der Waals surface area contributed by atoms with Crippen LogP contribution in [-0.4, -0.2) is 29.5 Å². The van der Waals surface area contributed by atoms with E-state index in [2.05, 4.69) is 11.4 Å². The highest BCUT2D eigenvalue weighted by Crippen LogP contribution is 2.32. The van der Waals surface area contributed by atoms with Crippen LogP contribution >= 0.6 is 11.8 Å². The molecule has 5 nitrogen and oxygen atoms in total. The van der Waals surface area contributed by atoms with Crippen LogP contribution in [0.3, 0.4) is 0 Å². The molecular formula is C18H15N3O2S. The summed E-state index contributed by atoms with van der Waals surface area (Å²) in [6.07, 6.45) is 0. The van der Waals surface area contributed by atoms with Crippen molar-refractivity contribution in [1.82, 2.24) is 4.90 Å². The summed E-state index contributed by atoms with van der Waals surface area (Å²) in [5.41, 5.74) is 2.77. The first-order valence-corrected chi connectivity index (χ1v) is 8.36. The number of rotatable bonds is 3. The van der Waals surface area contributed by atoms with Gasteiger partial charge in [-0.1, -0.05) is 12.1 Å². The molecule has 0 bridgehead atoms. The molecule has 0 radical (unpaired) electrons. The number of hydrogen-bond donors (Lipinski definition) is 1. The fraction of sp³-hybridized carbons (Fsp3) is 0.167. The molecule has 1 aliphatic rings. The molecule has 0 fully saturated rings. The van der Waals surface area contributed by atoms with Crippen LogP contribution in [0.25, 0.3) is 0 Å². The molecule has 2 amide bonds. The summed E-state index contributed by atoms with van der Waals surface area (Å²) in [7, 11) is 1.73. The molecular weight excluding hydrogens is 322 g/mol. The summed E-state index contributed by atoms with van der Waals surface area (Å²) >= 11 is 1.47. The maximum absolute atomic E-state index is 12.6. The number of nitrogens with one attached hydrogen (secondary N) is 1. The van der Waals surface area contributed by atoms with Gasteiger partial charge in [-0.3, -0.25) is 9.59 Å². The first-order chi connectivity index (χ1) is 11.6. The smallest absolute Gasteiger partial charge is 0.253 e. The summed E-state index contributed by atoms with van der Waals surface area (Å²) in [5, 5.41) is 11.6. The van der Waals surface area contributed by atoms with Crippen molar-refractivity contribution in [2.24, 2.45) is 0 Å². The summed E-state index contributed by atoms with van der Waals surface area (Å²) in [6.45, 7) is 0.447. The minimum atomic E-state index is -0.119. The molecule has 2 aromatic rings. The van der Waals surface area contributed by atoms with Crippen LogP contribution in [0, 0.1) is 11.3 Å². The summed E-state index contributed by atoms with van der Waals surface area (Å²) < 4.78 is 0. The number of anilines is 1. The summed E-state index contributed by atoms with van der Waals surface area (Å²) in [5.74, 6) is 0.230. The van der Waals surface area contributed by atoms with Gasteiger partial charge in [-0.15, -0.1) is 11.8 Å². The van der Waals surface area contributed by atoms with Crippen molar-refractivity contribution in [2.75, 3.05) is 18.1 Å². The largest absolute Gasteiger partial charge is 0.337 e. The van der Waals surface area contributed by atoms with Gasteiger partial charge in [-0.05, 0) is 35.9 Å². The minimum Gasteiger partial charge on any atom is -0.337 e. The number of amides is 2. The van der Waals surface area contributed by atoms with Crippen molar-refractivity contribution < 1.29 is 9.59 Å². The zero-order chi connectivity index (χ0) is 17.1. The lowest BCUT2D eigenvalue weighted by atomic mass is 10.1. The van der Waals surface area contributed by atoms with E-state index in [9.17, 15) is 9.59 Å². The Hall–Kier alpha value is -2.78. The third kappa shape index (κ3) is 3.42. The highest BCUT2D eigenvalue weighted by Gasteiger charge is 2.19. The first kappa shape index (κ1) is 16.1. The Morgan fingerprint density at radius 1 is 1.29 bits per heavy atom. The van der Waals surface area contributed by atoms with E-state index < -0.39 is 0 Å². The third-order valence-corrected chi connectivity index (χ3v) is 4.78. The molecule has 120 valence electrons. The van der Waals surface area contributed by atoms with E-state index in [1.54, 1.807) is 36.2 Å². The highest BCUT2D eigenvalue weighted by atomic mass is 32.2. The van der Waals surface area contributed by atoms with Gasteiger partial charge in [0.05, 0.1) is 23.1 Å². The Kier molecular flexibility index (Phi) is 4.54. The van der Waals surface area contributed by atoms with E-state index >= 15 is 0 Å². The monoisotopic (exact) mass is 337 g/mol. The zero-order valence-corrected chi connectivity index (χ0v) is 13.9. The molecule has 1 aliphatic heterocycles. The number of benzene rings is 2. The topological polar surface area (TPSA) is 73.2 Å². The van der Waals surface area contributed by atoms with Gasteiger partial charge in [0.1, 0.15) is 0 Å². The summed E-state index contributed by atoms with van der Waals surface area (Å²) in [4.78, 5) is 26.7. The Labute approximate surface area is 144 Å². The van der Waals surface area contributed by atoms with Crippen LogP contribution < -0.4 is 5.32 Å². The predicted molar refractivity (Wildman–Crippen MR) is 92.8 cm³/mol. The maximum atomic E-state index is 12.6. The molecule has 2 aromatic carbocycles. The van der Waals surface area contributed by atoms with Crippen LogP contribution in [0.5, 0.6) is 0 Å². The molecule has 0 saturated heterocycles.